The average Bonchev–Trinajstić information content (AvgIpc) is 2.01. The van der Waals surface area contributed by atoms with Crippen LogP contribution in [0, 0.1) is 5.41 Å². The predicted molar refractivity (Wildman–Crippen MR) is 59.9 cm³/mol. The molecule has 1 heterocycles. The average molecular weight is 238 g/mol. The summed E-state index contributed by atoms with van der Waals surface area (Å²) in [5.74, 6) is 1.15. The van der Waals surface area contributed by atoms with E-state index in [9.17, 15) is 13.5 Å². The van der Waals surface area contributed by atoms with Gasteiger partial charge in [0.25, 0.3) is 0 Å². The van der Waals surface area contributed by atoms with Gasteiger partial charge in [0, 0.05) is 33.1 Å². The number of hydrogen-bond donors (Lipinski definition) is 1. The highest BCUT2D eigenvalue weighted by atomic mass is 32.2. The number of hydrogen-bond acceptors (Lipinski definition) is 3. The van der Waals surface area contributed by atoms with Gasteiger partial charge in [-0.2, -0.15) is 0 Å². The molecule has 3 atom stereocenters. The van der Waals surface area contributed by atoms with E-state index >= 15 is 0 Å². The molecule has 0 aromatic carbocycles. The van der Waals surface area contributed by atoms with Gasteiger partial charge in [-0.15, -0.1) is 0 Å². The summed E-state index contributed by atoms with van der Waals surface area (Å²) in [6.45, 7) is 5.63. The Hall–Kier alpha value is 0.260. The molecule has 1 rings (SSSR count). The third-order valence-electron chi connectivity index (χ3n) is 2.35. The van der Waals surface area contributed by atoms with E-state index in [4.69, 9.17) is 0 Å². The van der Waals surface area contributed by atoms with E-state index < -0.39 is 32.3 Å². The van der Waals surface area contributed by atoms with E-state index in [1.54, 1.807) is 0 Å². The molecule has 0 saturated carbocycles. The zero-order chi connectivity index (χ0) is 10.9. The lowest BCUT2D eigenvalue weighted by atomic mass is 9.90. The monoisotopic (exact) mass is 238 g/mol. The molecular formula is C9H18O3S2. The summed E-state index contributed by atoms with van der Waals surface area (Å²) in [4.78, 5) is 0. The van der Waals surface area contributed by atoms with Crippen molar-refractivity contribution in [1.29, 1.82) is 0 Å². The Bertz CT molecular complexity index is 241. The molecule has 1 saturated heterocycles. The van der Waals surface area contributed by atoms with Crippen LogP contribution >= 0.6 is 0 Å². The van der Waals surface area contributed by atoms with Crippen molar-refractivity contribution in [2.75, 3.05) is 11.5 Å². The van der Waals surface area contributed by atoms with Gasteiger partial charge >= 0.3 is 0 Å². The zero-order valence-electron chi connectivity index (χ0n) is 8.86. The molecule has 1 aliphatic heterocycles. The van der Waals surface area contributed by atoms with Crippen LogP contribution in [0.4, 0.5) is 0 Å². The fourth-order valence-electron chi connectivity index (χ4n) is 1.39. The number of aliphatic hydroxyl groups excluding tert-OH is 1. The Morgan fingerprint density at radius 2 is 1.64 bits per heavy atom. The smallest absolute Gasteiger partial charge is 0.136 e. The van der Waals surface area contributed by atoms with Gasteiger partial charge in [0.15, 0.2) is 0 Å². The lowest BCUT2D eigenvalue weighted by Crippen LogP contribution is -2.46. The Morgan fingerprint density at radius 3 is 2.00 bits per heavy atom. The molecule has 0 aliphatic carbocycles. The van der Waals surface area contributed by atoms with Gasteiger partial charge in [-0.1, -0.05) is 20.8 Å². The second kappa shape index (κ2) is 4.41. The number of aliphatic hydroxyl groups is 1. The first-order valence-corrected chi connectivity index (χ1v) is 7.53. The lowest BCUT2D eigenvalue weighted by molar-refractivity contribution is 0.0757. The van der Waals surface area contributed by atoms with Crippen LogP contribution in [0.2, 0.25) is 0 Å². The van der Waals surface area contributed by atoms with Crippen molar-refractivity contribution >= 4 is 21.6 Å². The van der Waals surface area contributed by atoms with Crippen molar-refractivity contribution in [1.82, 2.24) is 0 Å². The maximum Gasteiger partial charge on any atom is 0.136 e. The Kier molecular flexibility index (Phi) is 3.88. The van der Waals surface area contributed by atoms with Crippen molar-refractivity contribution in [3.8, 4) is 0 Å². The van der Waals surface area contributed by atoms with Crippen LogP contribution < -0.4 is 0 Å². The summed E-state index contributed by atoms with van der Waals surface area (Å²) in [5, 5.41) is 9.97. The van der Waals surface area contributed by atoms with Crippen molar-refractivity contribution < 1.29 is 13.5 Å². The van der Waals surface area contributed by atoms with Crippen molar-refractivity contribution in [3.05, 3.63) is 0 Å². The quantitative estimate of drug-likeness (QED) is 0.728. The van der Waals surface area contributed by atoms with Crippen LogP contribution in [0.15, 0.2) is 0 Å². The summed E-state index contributed by atoms with van der Waals surface area (Å²) in [5.41, 5.74) is -0.354. The Morgan fingerprint density at radius 1 is 1.21 bits per heavy atom. The van der Waals surface area contributed by atoms with E-state index in [-0.39, 0.29) is 5.41 Å². The molecule has 84 valence electrons. The molecule has 0 bridgehead atoms. The van der Waals surface area contributed by atoms with Crippen LogP contribution in [0.5, 0.6) is 0 Å². The molecule has 2 unspecified atom stereocenters. The Balaban J connectivity index is 2.83. The van der Waals surface area contributed by atoms with Gasteiger partial charge in [-0.25, -0.2) is 0 Å². The summed E-state index contributed by atoms with van der Waals surface area (Å²) >= 11 is 0. The topological polar surface area (TPSA) is 54.4 Å². The fraction of sp³-hybridized carbons (Fsp3) is 1.00. The molecule has 1 fully saturated rings. The van der Waals surface area contributed by atoms with Gasteiger partial charge in [0.05, 0.1) is 6.10 Å². The van der Waals surface area contributed by atoms with Crippen LogP contribution in [0.1, 0.15) is 27.2 Å². The van der Waals surface area contributed by atoms with Crippen LogP contribution in [-0.4, -0.2) is 35.7 Å². The maximum atomic E-state index is 11.7. The third-order valence-corrected chi connectivity index (χ3v) is 6.58. The molecule has 0 aromatic rings. The van der Waals surface area contributed by atoms with Crippen LogP contribution in [0.25, 0.3) is 0 Å². The van der Waals surface area contributed by atoms with E-state index in [0.717, 1.165) is 6.42 Å². The van der Waals surface area contributed by atoms with E-state index in [0.29, 0.717) is 11.5 Å². The van der Waals surface area contributed by atoms with Gasteiger partial charge in [-0.05, 0) is 11.8 Å². The normalized spacial score (nSPS) is 36.7. The van der Waals surface area contributed by atoms with Crippen molar-refractivity contribution in [2.45, 2.75) is 37.9 Å². The van der Waals surface area contributed by atoms with E-state index in [2.05, 4.69) is 0 Å². The van der Waals surface area contributed by atoms with Gasteiger partial charge < -0.3 is 5.11 Å². The van der Waals surface area contributed by atoms with Gasteiger partial charge in [-0.3, -0.25) is 8.42 Å². The molecule has 0 amide bonds. The summed E-state index contributed by atoms with van der Waals surface area (Å²) < 4.78 is 22.7. The largest absolute Gasteiger partial charge is 0.390 e. The summed E-state index contributed by atoms with van der Waals surface area (Å²) in [6, 6.07) is 0. The summed E-state index contributed by atoms with van der Waals surface area (Å²) in [6.07, 6.45) is -0.00322. The zero-order valence-corrected chi connectivity index (χ0v) is 10.5. The summed E-state index contributed by atoms with van der Waals surface area (Å²) in [7, 11) is -2.27. The van der Waals surface area contributed by atoms with Gasteiger partial charge in [0.2, 0.25) is 0 Å². The van der Waals surface area contributed by atoms with Crippen LogP contribution in [-0.2, 0) is 21.6 Å². The van der Waals surface area contributed by atoms with Crippen molar-refractivity contribution in [2.24, 2.45) is 5.41 Å². The first kappa shape index (κ1) is 12.3. The maximum absolute atomic E-state index is 11.7. The predicted octanol–water partition coefficient (Wildman–Crippen LogP) is 0.621. The first-order valence-electron chi connectivity index (χ1n) is 4.76. The van der Waals surface area contributed by atoms with Gasteiger partial charge in [0.1, 0.15) is 4.58 Å². The minimum Gasteiger partial charge on any atom is -0.390 e. The molecule has 0 radical (unpaired) electrons. The number of rotatable bonds is 1. The second-order valence-electron chi connectivity index (χ2n) is 4.70. The standard InChI is InChI=1S/C9H18O3S2/c1-9(2,3)7(10)8-13(11)5-4-6-14(8)12/h7-8,10H,4-6H2,1-3H3/t7-,8?,13?,14?/m0/s1. The Labute approximate surface area is 90.2 Å². The highest BCUT2D eigenvalue weighted by molar-refractivity contribution is 8.03. The minimum absolute atomic E-state index is 0.354. The highest BCUT2D eigenvalue weighted by Gasteiger charge is 2.39. The SMILES string of the molecule is CC(C)(C)[C@@H](O)C1S(=O)CCCS1=O. The van der Waals surface area contributed by atoms with E-state index in [1.807, 2.05) is 20.8 Å². The lowest BCUT2D eigenvalue weighted by Gasteiger charge is -2.33. The molecule has 1 aliphatic rings. The first-order chi connectivity index (χ1) is 6.34. The molecule has 0 aromatic heterocycles. The minimum atomic E-state index is -1.13. The van der Waals surface area contributed by atoms with Crippen molar-refractivity contribution in [3.63, 3.8) is 0 Å². The molecule has 1 N–H and O–H groups in total. The molecule has 3 nitrogen and oxygen atoms in total. The molecule has 5 heteroatoms. The molecule has 14 heavy (non-hydrogen) atoms. The fourth-order valence-corrected chi connectivity index (χ4v) is 5.82. The third kappa shape index (κ3) is 2.64. The van der Waals surface area contributed by atoms with Crippen LogP contribution in [0.3, 0.4) is 0 Å². The second-order valence-corrected chi connectivity index (χ2v) is 8.36. The van der Waals surface area contributed by atoms with E-state index in [1.165, 1.54) is 0 Å². The molecular weight excluding hydrogens is 220 g/mol. The highest BCUT2D eigenvalue weighted by Crippen LogP contribution is 2.28. The molecule has 0 spiro atoms.